The Morgan fingerprint density at radius 1 is 1.56 bits per heavy atom. The Hall–Kier alpha value is -1.47. The Morgan fingerprint density at radius 3 is 2.81 bits per heavy atom. The van der Waals surface area contributed by atoms with Gasteiger partial charge in [-0.3, -0.25) is 0 Å². The van der Waals surface area contributed by atoms with Gasteiger partial charge in [0.05, 0.1) is 12.7 Å². The van der Waals surface area contributed by atoms with Gasteiger partial charge >= 0.3 is 5.97 Å². The monoisotopic (exact) mass is 282 g/mol. The second-order valence-electron chi connectivity index (χ2n) is 3.07. The van der Waals surface area contributed by atoms with E-state index in [4.69, 9.17) is 11.2 Å². The van der Waals surface area contributed by atoms with Crippen LogP contribution in [-0.2, 0) is 9.53 Å². The molecule has 4 heteroatoms. The van der Waals surface area contributed by atoms with E-state index in [0.717, 1.165) is 4.47 Å². The van der Waals surface area contributed by atoms with E-state index in [0.29, 0.717) is 11.3 Å². The number of methoxy groups -OCH3 is 1. The van der Waals surface area contributed by atoms with Gasteiger partial charge in [-0.2, -0.15) is 0 Å². The Labute approximate surface area is 103 Å². The van der Waals surface area contributed by atoms with Gasteiger partial charge in [0.15, 0.2) is 6.10 Å². The average molecular weight is 283 g/mol. The van der Waals surface area contributed by atoms with Crippen LogP contribution >= 0.6 is 15.9 Å². The van der Waals surface area contributed by atoms with Crippen LogP contribution in [0.4, 0.5) is 0 Å². The van der Waals surface area contributed by atoms with Gasteiger partial charge in [0.1, 0.15) is 5.75 Å². The van der Waals surface area contributed by atoms with E-state index in [-0.39, 0.29) is 0 Å². The second kappa shape index (κ2) is 5.57. The number of terminal acetylenes is 1. The van der Waals surface area contributed by atoms with Crippen LogP contribution < -0.4 is 4.74 Å². The molecule has 0 spiro atoms. The number of halogens is 1. The molecule has 0 saturated carbocycles. The number of ether oxygens (including phenoxy) is 2. The zero-order valence-corrected chi connectivity index (χ0v) is 10.6. The molecule has 0 heterocycles. The van der Waals surface area contributed by atoms with Gasteiger partial charge in [-0.15, -0.1) is 6.42 Å². The predicted octanol–water partition coefficient (Wildman–Crippen LogP) is 2.37. The maximum absolute atomic E-state index is 11.2. The van der Waals surface area contributed by atoms with Gasteiger partial charge in [-0.1, -0.05) is 21.9 Å². The fourth-order valence-corrected chi connectivity index (χ4v) is 1.48. The van der Waals surface area contributed by atoms with E-state index in [1.807, 2.05) is 0 Å². The molecule has 0 unspecified atom stereocenters. The summed E-state index contributed by atoms with van der Waals surface area (Å²) in [4.78, 5) is 11.2. The molecule has 0 radical (unpaired) electrons. The van der Waals surface area contributed by atoms with Crippen LogP contribution in [0.3, 0.4) is 0 Å². The molecule has 0 aliphatic heterocycles. The quantitative estimate of drug-likeness (QED) is 0.631. The van der Waals surface area contributed by atoms with Gasteiger partial charge in [0, 0.05) is 4.47 Å². The molecule has 0 amide bonds. The largest absolute Gasteiger partial charge is 0.478 e. The van der Waals surface area contributed by atoms with Crippen LogP contribution in [0.5, 0.6) is 5.75 Å². The summed E-state index contributed by atoms with van der Waals surface area (Å²) in [6.45, 7) is 1.61. The molecule has 0 saturated heterocycles. The maximum atomic E-state index is 11.2. The lowest BCUT2D eigenvalue weighted by atomic mass is 10.2. The van der Waals surface area contributed by atoms with Crippen molar-refractivity contribution in [3.05, 3.63) is 28.2 Å². The topological polar surface area (TPSA) is 35.5 Å². The van der Waals surface area contributed by atoms with Crippen LogP contribution in [0.15, 0.2) is 22.7 Å². The van der Waals surface area contributed by atoms with Crippen LogP contribution in [0.2, 0.25) is 0 Å². The fraction of sp³-hybridized carbons (Fsp3) is 0.250. The Bertz CT molecular complexity index is 434. The summed E-state index contributed by atoms with van der Waals surface area (Å²) in [6, 6.07) is 5.25. The number of hydrogen-bond acceptors (Lipinski definition) is 3. The highest BCUT2D eigenvalue weighted by molar-refractivity contribution is 9.10. The first kappa shape index (κ1) is 12.6. The highest BCUT2D eigenvalue weighted by atomic mass is 79.9. The molecule has 0 fully saturated rings. The number of carbonyl (C=O) groups excluding carboxylic acids is 1. The lowest BCUT2D eigenvalue weighted by Crippen LogP contribution is -2.25. The lowest BCUT2D eigenvalue weighted by molar-refractivity contribution is -0.147. The van der Waals surface area contributed by atoms with Crippen molar-refractivity contribution in [2.75, 3.05) is 7.11 Å². The molecule has 0 bridgehead atoms. The molecule has 0 N–H and O–H groups in total. The first-order valence-electron chi connectivity index (χ1n) is 4.59. The fourth-order valence-electron chi connectivity index (χ4n) is 1.12. The third-order valence-corrected chi connectivity index (χ3v) is 2.43. The Balaban J connectivity index is 2.90. The third kappa shape index (κ3) is 3.01. The molecular weight excluding hydrogens is 272 g/mol. The molecule has 84 valence electrons. The SMILES string of the molecule is C#Cc1cc(Br)ccc1O[C@@H](C)C(=O)OC. The molecule has 0 aromatic heterocycles. The molecule has 16 heavy (non-hydrogen) atoms. The van der Waals surface area contributed by atoms with Crippen molar-refractivity contribution < 1.29 is 14.3 Å². The van der Waals surface area contributed by atoms with Crippen molar-refractivity contribution in [1.82, 2.24) is 0 Å². The Kier molecular flexibility index (Phi) is 4.39. The number of hydrogen-bond donors (Lipinski definition) is 0. The summed E-state index contributed by atoms with van der Waals surface area (Å²) in [5.41, 5.74) is 0.588. The minimum atomic E-state index is -0.682. The van der Waals surface area contributed by atoms with Crippen LogP contribution in [-0.4, -0.2) is 19.2 Å². The molecule has 3 nitrogen and oxygen atoms in total. The molecule has 0 aliphatic carbocycles. The summed E-state index contributed by atoms with van der Waals surface area (Å²) < 4.78 is 10.8. The van der Waals surface area contributed by atoms with Gasteiger partial charge in [-0.25, -0.2) is 4.79 Å². The molecule has 1 atom stereocenters. The summed E-state index contributed by atoms with van der Waals surface area (Å²) in [5.74, 6) is 2.54. The highest BCUT2D eigenvalue weighted by Crippen LogP contribution is 2.23. The third-order valence-electron chi connectivity index (χ3n) is 1.93. The van der Waals surface area contributed by atoms with Crippen molar-refractivity contribution in [2.24, 2.45) is 0 Å². The molecular formula is C12H11BrO3. The number of esters is 1. The number of rotatable bonds is 3. The van der Waals surface area contributed by atoms with Gasteiger partial charge < -0.3 is 9.47 Å². The molecule has 1 aromatic carbocycles. The Morgan fingerprint density at radius 2 is 2.25 bits per heavy atom. The van der Waals surface area contributed by atoms with E-state index < -0.39 is 12.1 Å². The van der Waals surface area contributed by atoms with Crippen LogP contribution in [0, 0.1) is 12.3 Å². The maximum Gasteiger partial charge on any atom is 0.346 e. The van der Waals surface area contributed by atoms with Gasteiger partial charge in [0.25, 0.3) is 0 Å². The van der Waals surface area contributed by atoms with Crippen molar-refractivity contribution in [2.45, 2.75) is 13.0 Å². The smallest absolute Gasteiger partial charge is 0.346 e. The van der Waals surface area contributed by atoms with Crippen molar-refractivity contribution in [3.8, 4) is 18.1 Å². The summed E-state index contributed by atoms with van der Waals surface area (Å²) >= 11 is 3.30. The van der Waals surface area contributed by atoms with Gasteiger partial charge in [-0.05, 0) is 25.1 Å². The van der Waals surface area contributed by atoms with Crippen molar-refractivity contribution >= 4 is 21.9 Å². The zero-order chi connectivity index (χ0) is 12.1. The van der Waals surface area contributed by atoms with E-state index >= 15 is 0 Å². The predicted molar refractivity (Wildman–Crippen MR) is 64.2 cm³/mol. The van der Waals surface area contributed by atoms with Gasteiger partial charge in [0.2, 0.25) is 0 Å². The standard InChI is InChI=1S/C12H11BrO3/c1-4-9-7-10(13)5-6-11(9)16-8(2)12(14)15-3/h1,5-8H,2-3H3/t8-/m0/s1. The average Bonchev–Trinajstić information content (AvgIpc) is 2.30. The minimum absolute atomic E-state index is 0.439. The number of benzene rings is 1. The first-order chi connectivity index (χ1) is 7.58. The summed E-state index contributed by atoms with van der Waals surface area (Å²) in [5, 5.41) is 0. The minimum Gasteiger partial charge on any atom is -0.478 e. The zero-order valence-electron chi connectivity index (χ0n) is 8.99. The first-order valence-corrected chi connectivity index (χ1v) is 5.38. The lowest BCUT2D eigenvalue weighted by Gasteiger charge is -2.13. The number of carbonyl (C=O) groups is 1. The van der Waals surface area contributed by atoms with E-state index in [1.165, 1.54) is 7.11 Å². The molecule has 1 rings (SSSR count). The van der Waals surface area contributed by atoms with E-state index in [9.17, 15) is 4.79 Å². The summed E-state index contributed by atoms with van der Waals surface area (Å²) in [6.07, 6.45) is 4.65. The second-order valence-corrected chi connectivity index (χ2v) is 3.98. The van der Waals surface area contributed by atoms with E-state index in [1.54, 1.807) is 25.1 Å². The van der Waals surface area contributed by atoms with Crippen LogP contribution in [0.25, 0.3) is 0 Å². The van der Waals surface area contributed by atoms with Crippen molar-refractivity contribution in [3.63, 3.8) is 0 Å². The summed E-state index contributed by atoms with van der Waals surface area (Å²) in [7, 11) is 1.31. The molecule has 1 aromatic rings. The molecule has 0 aliphatic rings. The normalized spacial score (nSPS) is 11.4. The van der Waals surface area contributed by atoms with E-state index in [2.05, 4.69) is 26.6 Å². The van der Waals surface area contributed by atoms with Crippen molar-refractivity contribution in [1.29, 1.82) is 0 Å². The highest BCUT2D eigenvalue weighted by Gasteiger charge is 2.16. The van der Waals surface area contributed by atoms with Crippen LogP contribution in [0.1, 0.15) is 12.5 Å².